The van der Waals surface area contributed by atoms with Crippen LogP contribution in [0.4, 0.5) is 4.39 Å². The molecule has 0 fully saturated rings. The summed E-state index contributed by atoms with van der Waals surface area (Å²) in [6.45, 7) is 0. The average molecular weight is 288 g/mol. The second-order valence-corrected chi connectivity index (χ2v) is 4.42. The van der Waals surface area contributed by atoms with Crippen molar-refractivity contribution >= 4 is 11.6 Å². The number of methoxy groups -OCH3 is 1. The highest BCUT2D eigenvalue weighted by molar-refractivity contribution is 5.97. The van der Waals surface area contributed by atoms with E-state index in [2.05, 4.69) is 4.98 Å². The van der Waals surface area contributed by atoms with Crippen LogP contribution < -0.4 is 4.74 Å². The number of aromatic nitrogens is 2. The molecule has 0 aliphatic rings. The molecule has 0 aliphatic heterocycles. The minimum Gasteiger partial charge on any atom is -0.496 e. The maximum absolute atomic E-state index is 14.2. The van der Waals surface area contributed by atoms with Gasteiger partial charge in [-0.1, -0.05) is 6.07 Å². The Kier molecular flexibility index (Phi) is 3.06. The number of carboxylic acid groups (broad SMARTS) is 1. The zero-order chi connectivity index (χ0) is 15.0. The number of rotatable bonds is 3. The molecule has 0 amide bonds. The molecule has 0 atom stereocenters. The van der Waals surface area contributed by atoms with Crippen LogP contribution >= 0.6 is 0 Å². The van der Waals surface area contributed by atoms with Crippen LogP contribution in [0.3, 0.4) is 0 Å². The molecule has 0 spiro atoms. The Hall–Kier alpha value is -2.89. The molecule has 5 nitrogen and oxygen atoms in total. The number of imidazole rings is 1. The molecular weight excluding hydrogens is 275 g/mol. The van der Waals surface area contributed by atoms with E-state index in [0.717, 1.165) is 0 Å². The molecular formula is C15H13FN2O3. The molecule has 0 saturated heterocycles. The van der Waals surface area contributed by atoms with Crippen molar-refractivity contribution in [2.45, 2.75) is 0 Å². The van der Waals surface area contributed by atoms with Crippen LogP contribution in [0.1, 0.15) is 11.8 Å². The second-order valence-electron chi connectivity index (χ2n) is 4.42. The summed E-state index contributed by atoms with van der Waals surface area (Å²) in [4.78, 5) is 15.6. The lowest BCUT2D eigenvalue weighted by Gasteiger charge is -2.12. The van der Waals surface area contributed by atoms with Crippen molar-refractivity contribution in [2.75, 3.05) is 7.11 Å². The van der Waals surface area contributed by atoms with Gasteiger partial charge in [0.25, 0.3) is 0 Å². The fourth-order valence-corrected chi connectivity index (χ4v) is 2.27. The fraction of sp³-hybridized carbons (Fsp3) is 0.0667. The van der Waals surface area contributed by atoms with Crippen LogP contribution in [0.2, 0.25) is 0 Å². The zero-order valence-corrected chi connectivity index (χ0v) is 11.1. The van der Waals surface area contributed by atoms with Gasteiger partial charge in [-0.25, -0.2) is 14.2 Å². The third-order valence-corrected chi connectivity index (χ3v) is 3.23. The highest BCUT2D eigenvalue weighted by Gasteiger charge is 2.20. The lowest BCUT2D eigenvalue weighted by Crippen LogP contribution is -2.04. The number of halogens is 1. The van der Waals surface area contributed by atoms with Gasteiger partial charge < -0.3 is 14.2 Å². The number of aromatic carboxylic acids is 1. The van der Waals surface area contributed by atoms with Gasteiger partial charge >= 0.3 is 5.97 Å². The largest absolute Gasteiger partial charge is 0.496 e. The molecule has 3 aromatic rings. The van der Waals surface area contributed by atoms with E-state index in [4.69, 9.17) is 4.74 Å². The third-order valence-electron chi connectivity index (χ3n) is 3.23. The number of benzene rings is 1. The van der Waals surface area contributed by atoms with Gasteiger partial charge in [-0.2, -0.15) is 0 Å². The van der Waals surface area contributed by atoms with Gasteiger partial charge in [0, 0.05) is 25.6 Å². The van der Waals surface area contributed by atoms with Gasteiger partial charge in [-0.05, 0) is 18.2 Å². The van der Waals surface area contributed by atoms with Gasteiger partial charge in [-0.15, -0.1) is 0 Å². The van der Waals surface area contributed by atoms with E-state index >= 15 is 0 Å². The summed E-state index contributed by atoms with van der Waals surface area (Å²) in [6, 6.07) is 5.88. The summed E-state index contributed by atoms with van der Waals surface area (Å²) in [5.74, 6) is -1.42. The molecule has 3 rings (SSSR count). The molecule has 0 unspecified atom stereocenters. The Morgan fingerprint density at radius 1 is 1.48 bits per heavy atom. The molecule has 0 radical (unpaired) electrons. The summed E-state index contributed by atoms with van der Waals surface area (Å²) in [5.41, 5.74) is 0.850. The lowest BCUT2D eigenvalue weighted by molar-refractivity contribution is 0.0697. The standard InChI is InChI=1S/C15H11FN2O3.H2/c1-21-12-4-2-3-11(16)14(12)9-7-13-17-5-6-18(13)8-10(9)15(19)20;/h2-8H,1H3,(H,19,20);1H. The van der Waals surface area contributed by atoms with Crippen molar-refractivity contribution in [3.63, 3.8) is 0 Å². The highest BCUT2D eigenvalue weighted by atomic mass is 19.1. The molecule has 0 saturated carbocycles. The quantitative estimate of drug-likeness (QED) is 0.804. The van der Waals surface area contributed by atoms with Crippen molar-refractivity contribution in [1.29, 1.82) is 0 Å². The first-order valence-electron chi connectivity index (χ1n) is 6.14. The Bertz CT molecular complexity index is 848. The normalized spacial score (nSPS) is 10.8. The van der Waals surface area contributed by atoms with Gasteiger partial charge in [-0.3, -0.25) is 0 Å². The van der Waals surface area contributed by atoms with E-state index < -0.39 is 11.8 Å². The molecule has 2 aromatic heterocycles. The van der Waals surface area contributed by atoms with Crippen molar-refractivity contribution < 1.29 is 20.5 Å². The van der Waals surface area contributed by atoms with E-state index in [1.54, 1.807) is 22.9 Å². The number of hydrogen-bond acceptors (Lipinski definition) is 3. The first kappa shape index (κ1) is 13.1. The predicted octanol–water partition coefficient (Wildman–Crippen LogP) is 3.09. The molecule has 1 N–H and O–H groups in total. The van der Waals surface area contributed by atoms with Gasteiger partial charge in [0.1, 0.15) is 17.2 Å². The van der Waals surface area contributed by atoms with E-state index in [-0.39, 0.29) is 23.9 Å². The van der Waals surface area contributed by atoms with Gasteiger partial charge in [0.15, 0.2) is 0 Å². The van der Waals surface area contributed by atoms with E-state index in [1.807, 2.05) is 0 Å². The van der Waals surface area contributed by atoms with Crippen molar-refractivity contribution in [3.8, 4) is 16.9 Å². The molecule has 0 bridgehead atoms. The van der Waals surface area contributed by atoms with Crippen LogP contribution in [0, 0.1) is 5.82 Å². The van der Waals surface area contributed by atoms with E-state index in [1.165, 1.54) is 31.5 Å². The molecule has 2 heterocycles. The summed E-state index contributed by atoms with van der Waals surface area (Å²) >= 11 is 0. The molecule has 1 aromatic carbocycles. The van der Waals surface area contributed by atoms with Crippen LogP contribution in [-0.4, -0.2) is 27.6 Å². The second kappa shape index (κ2) is 4.90. The minimum absolute atomic E-state index is 0. The van der Waals surface area contributed by atoms with E-state index in [9.17, 15) is 14.3 Å². The Labute approximate surface area is 120 Å². The lowest BCUT2D eigenvalue weighted by atomic mass is 10.00. The smallest absolute Gasteiger partial charge is 0.337 e. The van der Waals surface area contributed by atoms with Gasteiger partial charge in [0.05, 0.1) is 18.2 Å². The number of ether oxygens (including phenoxy) is 1. The third kappa shape index (κ3) is 2.10. The maximum Gasteiger partial charge on any atom is 0.337 e. The van der Waals surface area contributed by atoms with Crippen molar-refractivity contribution in [2.24, 2.45) is 0 Å². The van der Waals surface area contributed by atoms with Crippen LogP contribution in [-0.2, 0) is 0 Å². The molecule has 21 heavy (non-hydrogen) atoms. The van der Waals surface area contributed by atoms with Gasteiger partial charge in [0.2, 0.25) is 0 Å². The Balaban J connectivity index is 0.00000176. The minimum atomic E-state index is -1.15. The maximum atomic E-state index is 14.2. The van der Waals surface area contributed by atoms with Crippen LogP contribution in [0.25, 0.3) is 16.8 Å². The number of carboxylic acids is 1. The monoisotopic (exact) mass is 288 g/mol. The van der Waals surface area contributed by atoms with Crippen LogP contribution in [0.15, 0.2) is 42.9 Å². The highest BCUT2D eigenvalue weighted by Crippen LogP contribution is 2.35. The number of nitrogens with zero attached hydrogens (tertiary/aromatic N) is 2. The molecule has 0 aliphatic carbocycles. The number of hydrogen-bond donors (Lipinski definition) is 1. The Morgan fingerprint density at radius 2 is 2.29 bits per heavy atom. The first-order valence-corrected chi connectivity index (χ1v) is 6.14. The topological polar surface area (TPSA) is 63.8 Å². The fourth-order valence-electron chi connectivity index (χ4n) is 2.27. The summed E-state index contributed by atoms with van der Waals surface area (Å²) in [5, 5.41) is 9.38. The van der Waals surface area contributed by atoms with Crippen LogP contribution in [0.5, 0.6) is 5.75 Å². The SMILES string of the molecule is COc1cccc(F)c1-c1cc2nccn2cc1C(=O)O.[HH]. The summed E-state index contributed by atoms with van der Waals surface area (Å²) in [7, 11) is 1.41. The van der Waals surface area contributed by atoms with Crippen molar-refractivity contribution in [1.82, 2.24) is 9.38 Å². The van der Waals surface area contributed by atoms with Crippen molar-refractivity contribution in [3.05, 3.63) is 54.2 Å². The average Bonchev–Trinajstić information content (AvgIpc) is 2.92. The van der Waals surface area contributed by atoms with E-state index in [0.29, 0.717) is 5.65 Å². The number of fused-ring (bicyclic) bond motifs is 1. The number of carbonyl (C=O) groups is 1. The zero-order valence-electron chi connectivity index (χ0n) is 11.1. The predicted molar refractivity (Wildman–Crippen MR) is 76.2 cm³/mol. The Morgan fingerprint density at radius 3 is 3.00 bits per heavy atom. The molecule has 6 heteroatoms. The summed E-state index contributed by atoms with van der Waals surface area (Å²) in [6.07, 6.45) is 4.58. The first-order chi connectivity index (χ1) is 10.1. The molecule has 108 valence electrons. The number of pyridine rings is 1. The summed E-state index contributed by atoms with van der Waals surface area (Å²) < 4.78 is 20.9.